The maximum Gasteiger partial charge on any atom is 0.323 e. The van der Waals surface area contributed by atoms with Gasteiger partial charge in [-0.25, -0.2) is 0 Å². The zero-order chi connectivity index (χ0) is 15.1. The molecular formula is C14H26O5. The quantitative estimate of drug-likeness (QED) is 0.539. The first kappa shape index (κ1) is 17.9. The summed E-state index contributed by atoms with van der Waals surface area (Å²) >= 11 is 0. The van der Waals surface area contributed by atoms with Crippen LogP contribution in [0.25, 0.3) is 0 Å². The predicted octanol–water partition coefficient (Wildman–Crippen LogP) is 1.77. The maximum atomic E-state index is 12.3. The third kappa shape index (κ3) is 4.20. The SMILES string of the molecule is CCOC(=O)C(CC(C)C)(C(=O)OCC)C(C)CO. The second kappa shape index (κ2) is 8.15. The first-order valence-corrected chi connectivity index (χ1v) is 6.82. The van der Waals surface area contributed by atoms with E-state index in [0.29, 0.717) is 6.42 Å². The summed E-state index contributed by atoms with van der Waals surface area (Å²) in [5.41, 5.74) is -1.42. The van der Waals surface area contributed by atoms with Crippen molar-refractivity contribution in [2.24, 2.45) is 17.3 Å². The van der Waals surface area contributed by atoms with Crippen LogP contribution in [0.3, 0.4) is 0 Å². The first-order valence-electron chi connectivity index (χ1n) is 6.82. The number of ether oxygens (including phenoxy) is 2. The van der Waals surface area contributed by atoms with Crippen LogP contribution in [0.5, 0.6) is 0 Å². The van der Waals surface area contributed by atoms with E-state index in [1.54, 1.807) is 20.8 Å². The van der Waals surface area contributed by atoms with Gasteiger partial charge in [0, 0.05) is 12.5 Å². The molecule has 0 saturated carbocycles. The van der Waals surface area contributed by atoms with Gasteiger partial charge in [-0.05, 0) is 26.2 Å². The molecule has 1 atom stereocenters. The number of aliphatic hydroxyl groups excluding tert-OH is 1. The predicted molar refractivity (Wildman–Crippen MR) is 71.4 cm³/mol. The monoisotopic (exact) mass is 274 g/mol. The van der Waals surface area contributed by atoms with Gasteiger partial charge < -0.3 is 14.6 Å². The maximum absolute atomic E-state index is 12.3. The molecule has 0 rings (SSSR count). The average molecular weight is 274 g/mol. The third-order valence-electron chi connectivity index (χ3n) is 3.12. The Morgan fingerprint density at radius 2 is 1.47 bits per heavy atom. The third-order valence-corrected chi connectivity index (χ3v) is 3.12. The van der Waals surface area contributed by atoms with Crippen LogP contribution in [0.1, 0.15) is 41.0 Å². The van der Waals surface area contributed by atoms with Crippen LogP contribution in [-0.4, -0.2) is 36.9 Å². The van der Waals surface area contributed by atoms with Crippen molar-refractivity contribution in [2.75, 3.05) is 19.8 Å². The topological polar surface area (TPSA) is 72.8 Å². The smallest absolute Gasteiger partial charge is 0.323 e. The molecule has 112 valence electrons. The summed E-state index contributed by atoms with van der Waals surface area (Å²) in [7, 11) is 0. The van der Waals surface area contributed by atoms with Gasteiger partial charge in [-0.1, -0.05) is 20.8 Å². The van der Waals surface area contributed by atoms with Crippen molar-refractivity contribution in [1.29, 1.82) is 0 Å². The van der Waals surface area contributed by atoms with E-state index < -0.39 is 23.3 Å². The van der Waals surface area contributed by atoms with Crippen molar-refractivity contribution in [3.05, 3.63) is 0 Å². The standard InChI is InChI=1S/C14H26O5/c1-6-18-12(16)14(8-10(3)4,11(5)9-15)13(17)19-7-2/h10-11,15H,6-9H2,1-5H3. The summed E-state index contributed by atoms with van der Waals surface area (Å²) in [5, 5.41) is 9.40. The Morgan fingerprint density at radius 3 is 1.74 bits per heavy atom. The Hall–Kier alpha value is -1.10. The molecule has 0 saturated heterocycles. The number of rotatable bonds is 8. The van der Waals surface area contributed by atoms with Crippen molar-refractivity contribution in [2.45, 2.75) is 41.0 Å². The van der Waals surface area contributed by atoms with Crippen molar-refractivity contribution < 1.29 is 24.2 Å². The highest BCUT2D eigenvalue weighted by molar-refractivity contribution is 6.00. The van der Waals surface area contributed by atoms with Gasteiger partial charge in [0.05, 0.1) is 13.2 Å². The Labute approximate surface area is 115 Å². The molecule has 19 heavy (non-hydrogen) atoms. The molecule has 0 fully saturated rings. The molecule has 0 aromatic rings. The van der Waals surface area contributed by atoms with Crippen LogP contribution >= 0.6 is 0 Å². The number of aliphatic hydroxyl groups is 1. The summed E-state index contributed by atoms with van der Waals surface area (Å²) < 4.78 is 10.1. The van der Waals surface area contributed by atoms with Gasteiger partial charge in [0.1, 0.15) is 0 Å². The van der Waals surface area contributed by atoms with E-state index >= 15 is 0 Å². The lowest BCUT2D eigenvalue weighted by Crippen LogP contribution is -2.49. The molecule has 1 unspecified atom stereocenters. The first-order chi connectivity index (χ1) is 8.86. The molecule has 0 heterocycles. The number of hydrogen-bond donors (Lipinski definition) is 1. The summed E-state index contributed by atoms with van der Waals surface area (Å²) in [5.74, 6) is -1.66. The lowest BCUT2D eigenvalue weighted by atomic mass is 9.71. The minimum atomic E-state index is -1.42. The molecule has 0 spiro atoms. The van der Waals surface area contributed by atoms with Crippen molar-refractivity contribution in [1.82, 2.24) is 0 Å². The van der Waals surface area contributed by atoms with Crippen molar-refractivity contribution in [3.63, 3.8) is 0 Å². The van der Waals surface area contributed by atoms with Crippen LogP contribution in [0.15, 0.2) is 0 Å². The van der Waals surface area contributed by atoms with Gasteiger partial charge in [0.2, 0.25) is 0 Å². The summed E-state index contributed by atoms with van der Waals surface area (Å²) in [4.78, 5) is 24.6. The van der Waals surface area contributed by atoms with Crippen LogP contribution < -0.4 is 0 Å². The molecule has 0 aliphatic carbocycles. The molecule has 0 bridgehead atoms. The van der Waals surface area contributed by atoms with Crippen LogP contribution in [0.2, 0.25) is 0 Å². The van der Waals surface area contributed by atoms with Crippen molar-refractivity contribution in [3.8, 4) is 0 Å². The highest BCUT2D eigenvalue weighted by atomic mass is 16.6. The molecule has 0 radical (unpaired) electrons. The molecule has 5 heteroatoms. The minimum absolute atomic E-state index is 0.0998. The Bertz CT molecular complexity index is 280. The van der Waals surface area contributed by atoms with Crippen LogP contribution in [0, 0.1) is 17.3 Å². The average Bonchev–Trinajstić information content (AvgIpc) is 2.35. The summed E-state index contributed by atoms with van der Waals surface area (Å²) in [6.45, 7) is 8.97. The highest BCUT2D eigenvalue weighted by Crippen LogP contribution is 2.38. The summed E-state index contributed by atoms with van der Waals surface area (Å²) in [6, 6.07) is 0. The van der Waals surface area contributed by atoms with Crippen molar-refractivity contribution >= 4 is 11.9 Å². The van der Waals surface area contributed by atoms with Crippen LogP contribution in [0.4, 0.5) is 0 Å². The fourth-order valence-corrected chi connectivity index (χ4v) is 2.17. The summed E-state index contributed by atoms with van der Waals surface area (Å²) in [6.07, 6.45) is 0.298. The molecule has 0 aromatic heterocycles. The Morgan fingerprint density at radius 1 is 1.05 bits per heavy atom. The van der Waals surface area contributed by atoms with E-state index in [9.17, 15) is 14.7 Å². The van der Waals surface area contributed by atoms with Gasteiger partial charge in [-0.15, -0.1) is 0 Å². The van der Waals surface area contributed by atoms with Gasteiger partial charge >= 0.3 is 11.9 Å². The zero-order valence-corrected chi connectivity index (χ0v) is 12.6. The zero-order valence-electron chi connectivity index (χ0n) is 12.6. The van der Waals surface area contributed by atoms with E-state index in [1.807, 2.05) is 13.8 Å². The number of hydrogen-bond acceptors (Lipinski definition) is 5. The van der Waals surface area contributed by atoms with E-state index in [1.165, 1.54) is 0 Å². The Balaban J connectivity index is 5.56. The number of esters is 2. The minimum Gasteiger partial charge on any atom is -0.465 e. The van der Waals surface area contributed by atoms with Gasteiger partial charge in [0.25, 0.3) is 0 Å². The molecule has 0 aliphatic rings. The lowest BCUT2D eigenvalue weighted by Gasteiger charge is -2.34. The highest BCUT2D eigenvalue weighted by Gasteiger charge is 2.53. The van der Waals surface area contributed by atoms with E-state index in [2.05, 4.69) is 0 Å². The van der Waals surface area contributed by atoms with E-state index in [0.717, 1.165) is 0 Å². The van der Waals surface area contributed by atoms with Crippen LogP contribution in [-0.2, 0) is 19.1 Å². The van der Waals surface area contributed by atoms with Gasteiger partial charge in [-0.2, -0.15) is 0 Å². The normalized spacial score (nSPS) is 13.2. The molecule has 1 N–H and O–H groups in total. The number of carbonyl (C=O) groups excluding carboxylic acids is 2. The lowest BCUT2D eigenvalue weighted by molar-refractivity contribution is -0.179. The second-order valence-corrected chi connectivity index (χ2v) is 5.09. The Kier molecular flexibility index (Phi) is 7.68. The molecule has 5 nitrogen and oxygen atoms in total. The number of carbonyl (C=O) groups is 2. The second-order valence-electron chi connectivity index (χ2n) is 5.09. The molecular weight excluding hydrogens is 248 g/mol. The molecule has 0 aliphatic heterocycles. The molecule has 0 aromatic carbocycles. The van der Waals surface area contributed by atoms with E-state index in [4.69, 9.17) is 9.47 Å². The fraction of sp³-hybridized carbons (Fsp3) is 0.857. The van der Waals surface area contributed by atoms with Gasteiger partial charge in [-0.3, -0.25) is 9.59 Å². The van der Waals surface area contributed by atoms with E-state index in [-0.39, 0.29) is 25.7 Å². The molecule has 0 amide bonds. The fourth-order valence-electron chi connectivity index (χ4n) is 2.17. The largest absolute Gasteiger partial charge is 0.465 e. The van der Waals surface area contributed by atoms with Gasteiger partial charge in [0.15, 0.2) is 5.41 Å².